The third-order valence-electron chi connectivity index (χ3n) is 3.09. The van der Waals surface area contributed by atoms with Gasteiger partial charge >= 0.3 is 5.97 Å². The molecule has 1 aliphatic heterocycles. The molecule has 19 heavy (non-hydrogen) atoms. The third kappa shape index (κ3) is 5.34. The number of nitrogens with two attached hydrogens (primary N) is 1. The molecule has 2 N–H and O–H groups in total. The van der Waals surface area contributed by atoms with Gasteiger partial charge in [-0.2, -0.15) is 0 Å². The van der Waals surface area contributed by atoms with E-state index < -0.39 is 6.04 Å². The number of amides is 1. The fourth-order valence-corrected chi connectivity index (χ4v) is 2.08. The molecule has 1 heterocycles. The highest BCUT2D eigenvalue weighted by molar-refractivity contribution is 5.85. The molecular weight excluding hydrogens is 272 g/mol. The van der Waals surface area contributed by atoms with Crippen molar-refractivity contribution in [2.45, 2.75) is 25.8 Å². The molecule has 0 saturated carbocycles. The molecule has 0 aliphatic carbocycles. The van der Waals surface area contributed by atoms with Gasteiger partial charge in [0.1, 0.15) is 6.04 Å². The van der Waals surface area contributed by atoms with Crippen LogP contribution in [0.3, 0.4) is 0 Å². The van der Waals surface area contributed by atoms with Crippen molar-refractivity contribution >= 4 is 24.3 Å². The molecule has 0 aromatic carbocycles. The molecule has 6 nitrogen and oxygen atoms in total. The number of hydrogen-bond donors (Lipinski definition) is 1. The Hall–Kier alpha value is -0.850. The molecule has 0 spiro atoms. The summed E-state index contributed by atoms with van der Waals surface area (Å²) in [5, 5.41) is 0. The second-order valence-corrected chi connectivity index (χ2v) is 4.41. The van der Waals surface area contributed by atoms with Gasteiger partial charge in [-0.15, -0.1) is 12.4 Å². The van der Waals surface area contributed by atoms with Crippen molar-refractivity contribution in [1.29, 1.82) is 0 Å². The summed E-state index contributed by atoms with van der Waals surface area (Å²) >= 11 is 0. The number of esters is 1. The zero-order valence-electron chi connectivity index (χ0n) is 11.5. The minimum absolute atomic E-state index is 0. The van der Waals surface area contributed by atoms with Gasteiger partial charge < -0.3 is 20.1 Å². The lowest BCUT2D eigenvalue weighted by molar-refractivity contribution is -0.151. The quantitative estimate of drug-likeness (QED) is 0.732. The SMILES string of the molecule is CCOC(=O)C1CCN(C(=O)C(N)COC)CC1.Cl. The van der Waals surface area contributed by atoms with Crippen molar-refractivity contribution in [2.75, 3.05) is 33.4 Å². The second kappa shape index (κ2) is 9.12. The molecule has 1 amide bonds. The Morgan fingerprint density at radius 2 is 1.95 bits per heavy atom. The van der Waals surface area contributed by atoms with Crippen LogP contribution in [0, 0.1) is 5.92 Å². The average molecular weight is 295 g/mol. The van der Waals surface area contributed by atoms with E-state index in [4.69, 9.17) is 15.2 Å². The van der Waals surface area contributed by atoms with Crippen molar-refractivity contribution in [1.82, 2.24) is 4.90 Å². The van der Waals surface area contributed by atoms with E-state index in [1.807, 2.05) is 0 Å². The van der Waals surface area contributed by atoms with E-state index in [-0.39, 0.29) is 36.8 Å². The summed E-state index contributed by atoms with van der Waals surface area (Å²) in [4.78, 5) is 25.1. The van der Waals surface area contributed by atoms with Gasteiger partial charge in [0.25, 0.3) is 0 Å². The highest BCUT2D eigenvalue weighted by Crippen LogP contribution is 2.19. The molecule has 1 unspecified atom stereocenters. The first-order chi connectivity index (χ1) is 8.60. The number of carbonyl (C=O) groups is 2. The normalized spacial score (nSPS) is 17.5. The van der Waals surface area contributed by atoms with Gasteiger partial charge in [-0.3, -0.25) is 9.59 Å². The molecule has 0 bridgehead atoms. The highest BCUT2D eigenvalue weighted by atomic mass is 35.5. The van der Waals surface area contributed by atoms with Crippen LogP contribution >= 0.6 is 12.4 Å². The Morgan fingerprint density at radius 1 is 1.37 bits per heavy atom. The maximum atomic E-state index is 11.9. The summed E-state index contributed by atoms with van der Waals surface area (Å²) in [6.45, 7) is 3.52. The fraction of sp³-hybridized carbons (Fsp3) is 0.833. The smallest absolute Gasteiger partial charge is 0.309 e. The standard InChI is InChI=1S/C12H22N2O4.ClH/c1-3-18-12(16)9-4-6-14(7-5-9)11(15)10(13)8-17-2;/h9-10H,3-8,13H2,1-2H3;1H. The second-order valence-electron chi connectivity index (χ2n) is 4.41. The Kier molecular flexibility index (Phi) is 8.71. The number of methoxy groups -OCH3 is 1. The number of nitrogens with zero attached hydrogens (tertiary/aromatic N) is 1. The summed E-state index contributed by atoms with van der Waals surface area (Å²) in [7, 11) is 1.51. The van der Waals surface area contributed by atoms with E-state index in [9.17, 15) is 9.59 Å². The van der Waals surface area contributed by atoms with E-state index >= 15 is 0 Å². The first-order valence-corrected chi connectivity index (χ1v) is 6.30. The van der Waals surface area contributed by atoms with Crippen LogP contribution in [0.15, 0.2) is 0 Å². The zero-order chi connectivity index (χ0) is 13.5. The number of carbonyl (C=O) groups excluding carboxylic acids is 2. The summed E-state index contributed by atoms with van der Waals surface area (Å²) in [6.07, 6.45) is 1.29. The van der Waals surface area contributed by atoms with Gasteiger partial charge in [-0.1, -0.05) is 0 Å². The molecule has 1 rings (SSSR count). The van der Waals surface area contributed by atoms with Crippen molar-refractivity contribution in [3.05, 3.63) is 0 Å². The van der Waals surface area contributed by atoms with Crippen molar-refractivity contribution in [3.8, 4) is 0 Å². The van der Waals surface area contributed by atoms with Gasteiger partial charge in [0, 0.05) is 20.2 Å². The number of hydrogen-bond acceptors (Lipinski definition) is 5. The molecule has 1 fully saturated rings. The van der Waals surface area contributed by atoms with Gasteiger partial charge in [-0.05, 0) is 19.8 Å². The largest absolute Gasteiger partial charge is 0.466 e. The lowest BCUT2D eigenvalue weighted by Crippen LogP contribution is -2.49. The summed E-state index contributed by atoms with van der Waals surface area (Å²) in [6, 6.07) is -0.617. The number of likely N-dealkylation sites (tertiary alicyclic amines) is 1. The Morgan fingerprint density at radius 3 is 2.42 bits per heavy atom. The van der Waals surface area contributed by atoms with Crippen LogP contribution in [0.4, 0.5) is 0 Å². The van der Waals surface area contributed by atoms with Crippen LogP contribution in [-0.2, 0) is 19.1 Å². The van der Waals surface area contributed by atoms with Gasteiger partial charge in [0.15, 0.2) is 0 Å². The molecule has 7 heteroatoms. The van der Waals surface area contributed by atoms with Gasteiger partial charge in [0.2, 0.25) is 5.91 Å². The lowest BCUT2D eigenvalue weighted by atomic mass is 9.96. The van der Waals surface area contributed by atoms with Crippen molar-refractivity contribution in [3.63, 3.8) is 0 Å². The highest BCUT2D eigenvalue weighted by Gasteiger charge is 2.30. The number of halogens is 1. The molecule has 1 saturated heterocycles. The predicted octanol–water partition coefficient (Wildman–Crippen LogP) is 0.184. The van der Waals surface area contributed by atoms with Crippen LogP contribution < -0.4 is 5.73 Å². The number of ether oxygens (including phenoxy) is 2. The minimum atomic E-state index is -0.617. The topological polar surface area (TPSA) is 81.9 Å². The summed E-state index contributed by atoms with van der Waals surface area (Å²) in [5.41, 5.74) is 5.69. The first-order valence-electron chi connectivity index (χ1n) is 6.30. The van der Waals surface area contributed by atoms with Crippen LogP contribution in [0.5, 0.6) is 0 Å². The van der Waals surface area contributed by atoms with Crippen LogP contribution in [0.1, 0.15) is 19.8 Å². The van der Waals surface area contributed by atoms with E-state index in [2.05, 4.69) is 0 Å². The van der Waals surface area contributed by atoms with Gasteiger partial charge in [-0.25, -0.2) is 0 Å². The molecule has 1 atom stereocenters. The summed E-state index contributed by atoms with van der Waals surface area (Å²) in [5.74, 6) is -0.363. The Labute approximate surface area is 120 Å². The van der Waals surface area contributed by atoms with Crippen LogP contribution in [-0.4, -0.2) is 56.2 Å². The molecule has 0 aromatic heterocycles. The van der Waals surface area contributed by atoms with E-state index in [0.29, 0.717) is 32.5 Å². The number of rotatable bonds is 5. The zero-order valence-corrected chi connectivity index (χ0v) is 12.3. The van der Waals surface area contributed by atoms with Crippen LogP contribution in [0.25, 0.3) is 0 Å². The monoisotopic (exact) mass is 294 g/mol. The predicted molar refractivity (Wildman–Crippen MR) is 73.0 cm³/mol. The molecule has 1 aliphatic rings. The lowest BCUT2D eigenvalue weighted by Gasteiger charge is -2.32. The summed E-state index contributed by atoms with van der Waals surface area (Å²) < 4.78 is 9.84. The molecule has 112 valence electrons. The molecular formula is C12H23ClN2O4. The van der Waals surface area contributed by atoms with E-state index in [1.54, 1.807) is 11.8 Å². The van der Waals surface area contributed by atoms with Crippen molar-refractivity contribution < 1.29 is 19.1 Å². The first kappa shape index (κ1) is 18.1. The van der Waals surface area contributed by atoms with E-state index in [1.165, 1.54) is 7.11 Å². The van der Waals surface area contributed by atoms with Gasteiger partial charge in [0.05, 0.1) is 19.1 Å². The number of piperidine rings is 1. The maximum absolute atomic E-state index is 11.9. The van der Waals surface area contributed by atoms with E-state index in [0.717, 1.165) is 0 Å². The Balaban J connectivity index is 0.00000324. The fourth-order valence-electron chi connectivity index (χ4n) is 2.08. The van der Waals surface area contributed by atoms with Crippen molar-refractivity contribution in [2.24, 2.45) is 11.7 Å². The third-order valence-corrected chi connectivity index (χ3v) is 3.09. The molecule has 0 aromatic rings. The maximum Gasteiger partial charge on any atom is 0.309 e. The Bertz CT molecular complexity index is 293. The van der Waals surface area contributed by atoms with Crippen LogP contribution in [0.2, 0.25) is 0 Å². The average Bonchev–Trinajstić information content (AvgIpc) is 2.38. The molecule has 0 radical (unpaired) electrons. The minimum Gasteiger partial charge on any atom is -0.466 e.